The number of nitrogens with zero attached hydrogens (tertiary/aromatic N) is 1. The van der Waals surface area contributed by atoms with Crippen LogP contribution in [-0.4, -0.2) is 31.8 Å². The summed E-state index contributed by atoms with van der Waals surface area (Å²) in [5.41, 5.74) is 7.75. The van der Waals surface area contributed by atoms with Crippen molar-refractivity contribution in [3.63, 3.8) is 0 Å². The van der Waals surface area contributed by atoms with Crippen molar-refractivity contribution in [1.29, 1.82) is 0 Å². The second kappa shape index (κ2) is 6.55. The van der Waals surface area contributed by atoms with E-state index in [-0.39, 0.29) is 0 Å². The van der Waals surface area contributed by atoms with Gasteiger partial charge in [0.05, 0.1) is 6.61 Å². The first-order chi connectivity index (χ1) is 9.11. The van der Waals surface area contributed by atoms with Crippen LogP contribution < -0.4 is 10.6 Å². The summed E-state index contributed by atoms with van der Waals surface area (Å²) in [6, 6.07) is 5.74. The molecule has 0 aliphatic carbocycles. The van der Waals surface area contributed by atoms with Gasteiger partial charge in [-0.3, -0.25) is 0 Å². The van der Waals surface area contributed by atoms with Crippen LogP contribution in [-0.2, 0) is 4.74 Å². The van der Waals surface area contributed by atoms with E-state index in [1.807, 2.05) is 18.2 Å². The SMILES string of the molecule is COCC1CCCN(c2ccc(Cl)cc2C(N)=S)C1. The summed E-state index contributed by atoms with van der Waals surface area (Å²) >= 11 is 11.2. The van der Waals surface area contributed by atoms with Gasteiger partial charge >= 0.3 is 0 Å². The minimum absolute atomic E-state index is 0.395. The lowest BCUT2D eigenvalue weighted by Crippen LogP contribution is -2.38. The van der Waals surface area contributed by atoms with E-state index < -0.39 is 0 Å². The summed E-state index contributed by atoms with van der Waals surface area (Å²) in [6.07, 6.45) is 2.37. The predicted molar refractivity (Wildman–Crippen MR) is 84.2 cm³/mol. The second-order valence-electron chi connectivity index (χ2n) is 4.94. The Morgan fingerprint density at radius 2 is 2.37 bits per heavy atom. The first kappa shape index (κ1) is 14.6. The van der Waals surface area contributed by atoms with Gasteiger partial charge in [0.1, 0.15) is 4.99 Å². The molecule has 1 aromatic rings. The molecule has 2 N–H and O–H groups in total. The lowest BCUT2D eigenvalue weighted by molar-refractivity contribution is 0.143. The standard InChI is InChI=1S/C14H19ClN2OS/c1-18-9-10-3-2-6-17(8-10)13-5-4-11(15)7-12(13)14(16)19/h4-5,7,10H,2-3,6,8-9H2,1H3,(H2,16,19). The summed E-state index contributed by atoms with van der Waals surface area (Å²) in [7, 11) is 1.75. The van der Waals surface area contributed by atoms with Gasteiger partial charge in [0.2, 0.25) is 0 Å². The number of nitrogens with two attached hydrogens (primary N) is 1. The van der Waals surface area contributed by atoms with Crippen molar-refractivity contribution in [2.45, 2.75) is 12.8 Å². The normalized spacial score (nSPS) is 19.5. The van der Waals surface area contributed by atoms with E-state index in [1.165, 1.54) is 6.42 Å². The highest BCUT2D eigenvalue weighted by Gasteiger charge is 2.22. The summed E-state index contributed by atoms with van der Waals surface area (Å²) in [6.45, 7) is 2.80. The van der Waals surface area contributed by atoms with Gasteiger partial charge in [-0.2, -0.15) is 0 Å². The highest BCUT2D eigenvalue weighted by Crippen LogP contribution is 2.28. The lowest BCUT2D eigenvalue weighted by Gasteiger charge is -2.35. The highest BCUT2D eigenvalue weighted by atomic mass is 35.5. The Morgan fingerprint density at radius 3 is 3.05 bits per heavy atom. The molecule has 1 saturated heterocycles. The Balaban J connectivity index is 2.23. The summed E-state index contributed by atoms with van der Waals surface area (Å²) < 4.78 is 5.26. The molecule has 0 radical (unpaired) electrons. The zero-order valence-corrected chi connectivity index (χ0v) is 12.6. The first-order valence-electron chi connectivity index (χ1n) is 6.45. The predicted octanol–water partition coefficient (Wildman–Crippen LogP) is 2.84. The summed E-state index contributed by atoms with van der Waals surface area (Å²) in [5.74, 6) is 0.564. The van der Waals surface area contributed by atoms with E-state index >= 15 is 0 Å². The molecular weight excluding hydrogens is 280 g/mol. The fraction of sp³-hybridized carbons (Fsp3) is 0.500. The van der Waals surface area contributed by atoms with Crippen LogP contribution in [0.2, 0.25) is 5.02 Å². The number of methoxy groups -OCH3 is 1. The van der Waals surface area contributed by atoms with Gasteiger partial charge in [0.15, 0.2) is 0 Å². The summed E-state index contributed by atoms with van der Waals surface area (Å²) in [4.78, 5) is 2.73. The Hall–Kier alpha value is -0.840. The fourth-order valence-electron chi connectivity index (χ4n) is 2.64. The number of anilines is 1. The molecule has 1 fully saturated rings. The third kappa shape index (κ3) is 3.59. The number of rotatable bonds is 4. The number of benzene rings is 1. The van der Waals surface area contributed by atoms with Crippen LogP contribution in [0.25, 0.3) is 0 Å². The molecule has 1 aliphatic rings. The average Bonchev–Trinajstić information content (AvgIpc) is 2.39. The van der Waals surface area contributed by atoms with Crippen LogP contribution in [0.5, 0.6) is 0 Å². The van der Waals surface area contributed by atoms with E-state index in [1.54, 1.807) is 7.11 Å². The minimum atomic E-state index is 0.395. The number of hydrogen-bond acceptors (Lipinski definition) is 3. The van der Waals surface area contributed by atoms with Crippen LogP contribution in [0.1, 0.15) is 18.4 Å². The van der Waals surface area contributed by atoms with Crippen molar-refractivity contribution in [2.24, 2.45) is 11.7 Å². The first-order valence-corrected chi connectivity index (χ1v) is 7.23. The molecule has 1 atom stereocenters. The monoisotopic (exact) mass is 298 g/mol. The fourth-order valence-corrected chi connectivity index (χ4v) is 2.97. The Morgan fingerprint density at radius 1 is 1.58 bits per heavy atom. The Labute approximate surface area is 124 Å². The van der Waals surface area contributed by atoms with Gasteiger partial charge in [0.25, 0.3) is 0 Å². The van der Waals surface area contributed by atoms with E-state index in [0.717, 1.165) is 37.4 Å². The molecule has 104 valence electrons. The van der Waals surface area contributed by atoms with E-state index in [0.29, 0.717) is 15.9 Å². The van der Waals surface area contributed by atoms with Crippen LogP contribution in [0.4, 0.5) is 5.69 Å². The maximum atomic E-state index is 6.02. The molecule has 19 heavy (non-hydrogen) atoms. The van der Waals surface area contributed by atoms with Crippen molar-refractivity contribution >= 4 is 34.5 Å². The van der Waals surface area contributed by atoms with Gasteiger partial charge in [0, 0.05) is 36.5 Å². The molecule has 3 nitrogen and oxygen atoms in total. The maximum Gasteiger partial charge on any atom is 0.106 e. The molecule has 1 aliphatic heterocycles. The Kier molecular flexibility index (Phi) is 5.02. The minimum Gasteiger partial charge on any atom is -0.389 e. The number of halogens is 1. The highest BCUT2D eigenvalue weighted by molar-refractivity contribution is 7.80. The molecule has 1 unspecified atom stereocenters. The molecular formula is C14H19ClN2OS. The second-order valence-corrected chi connectivity index (χ2v) is 5.81. The molecule has 0 spiro atoms. The quantitative estimate of drug-likeness (QED) is 0.868. The molecule has 0 aromatic heterocycles. The van der Waals surface area contributed by atoms with Crippen molar-refractivity contribution in [1.82, 2.24) is 0 Å². The van der Waals surface area contributed by atoms with Crippen molar-refractivity contribution < 1.29 is 4.74 Å². The van der Waals surface area contributed by atoms with Crippen molar-refractivity contribution in [2.75, 3.05) is 31.7 Å². The van der Waals surface area contributed by atoms with E-state index in [9.17, 15) is 0 Å². The van der Waals surface area contributed by atoms with Crippen molar-refractivity contribution in [3.05, 3.63) is 28.8 Å². The topological polar surface area (TPSA) is 38.5 Å². The third-order valence-electron chi connectivity index (χ3n) is 3.49. The number of ether oxygens (including phenoxy) is 1. The zero-order chi connectivity index (χ0) is 13.8. The van der Waals surface area contributed by atoms with E-state index in [4.69, 9.17) is 34.3 Å². The summed E-state index contributed by atoms with van der Waals surface area (Å²) in [5, 5.41) is 0.664. The van der Waals surface area contributed by atoms with Gasteiger partial charge in [-0.05, 0) is 37.0 Å². The van der Waals surface area contributed by atoms with Crippen molar-refractivity contribution in [3.8, 4) is 0 Å². The van der Waals surface area contributed by atoms with Crippen LogP contribution in [0, 0.1) is 5.92 Å². The van der Waals surface area contributed by atoms with Gasteiger partial charge < -0.3 is 15.4 Å². The van der Waals surface area contributed by atoms with Gasteiger partial charge in [-0.15, -0.1) is 0 Å². The molecule has 1 aromatic carbocycles. The molecule has 0 saturated carbocycles. The van der Waals surface area contributed by atoms with Crippen LogP contribution >= 0.6 is 23.8 Å². The molecule has 5 heteroatoms. The lowest BCUT2D eigenvalue weighted by atomic mass is 9.97. The maximum absolute atomic E-state index is 6.02. The van der Waals surface area contributed by atoms with Gasteiger partial charge in [-0.1, -0.05) is 23.8 Å². The van der Waals surface area contributed by atoms with Gasteiger partial charge in [-0.25, -0.2) is 0 Å². The molecule has 0 bridgehead atoms. The van der Waals surface area contributed by atoms with E-state index in [2.05, 4.69) is 4.90 Å². The molecule has 1 heterocycles. The smallest absolute Gasteiger partial charge is 0.106 e. The van der Waals surface area contributed by atoms with Crippen LogP contribution in [0.15, 0.2) is 18.2 Å². The largest absolute Gasteiger partial charge is 0.389 e. The molecule has 0 amide bonds. The Bertz CT molecular complexity index is 465. The number of hydrogen-bond donors (Lipinski definition) is 1. The number of thiocarbonyl (C=S) groups is 1. The van der Waals surface area contributed by atoms with Crippen LogP contribution in [0.3, 0.4) is 0 Å². The molecule has 2 rings (SSSR count). The average molecular weight is 299 g/mol. The third-order valence-corrected chi connectivity index (χ3v) is 3.94. The number of piperidine rings is 1. The zero-order valence-electron chi connectivity index (χ0n) is 11.1.